The first kappa shape index (κ1) is 24.3. The maximum atomic E-state index is 13.6. The highest BCUT2D eigenvalue weighted by atomic mass is 32.1. The molecule has 0 aliphatic carbocycles. The highest BCUT2D eigenvalue weighted by Gasteiger charge is 2.33. The van der Waals surface area contributed by atoms with E-state index in [0.29, 0.717) is 32.1 Å². The smallest absolute Gasteiger partial charge is 0.338 e. The Hall–Kier alpha value is -3.78. The number of carbonyl (C=O) groups excluding carboxylic acids is 2. The summed E-state index contributed by atoms with van der Waals surface area (Å²) >= 11 is 1.25. The Kier molecular flexibility index (Phi) is 6.84. The third kappa shape index (κ3) is 4.61. The molecule has 0 saturated heterocycles. The van der Waals surface area contributed by atoms with Gasteiger partial charge in [-0.15, -0.1) is 0 Å². The molecule has 0 spiro atoms. The van der Waals surface area contributed by atoms with Crippen LogP contribution in [0.2, 0.25) is 0 Å². The minimum Gasteiger partial charge on any atom is -0.466 e. The van der Waals surface area contributed by atoms with Crippen molar-refractivity contribution in [2.75, 3.05) is 14.2 Å². The summed E-state index contributed by atoms with van der Waals surface area (Å²) in [7, 11) is 2.65. The molecule has 7 nitrogen and oxygen atoms in total. The molecule has 1 aliphatic heterocycles. The van der Waals surface area contributed by atoms with Gasteiger partial charge in [-0.3, -0.25) is 9.36 Å². The van der Waals surface area contributed by atoms with Crippen LogP contribution in [0.15, 0.2) is 69.6 Å². The second-order valence-corrected chi connectivity index (χ2v) is 9.52. The van der Waals surface area contributed by atoms with E-state index < -0.39 is 18.0 Å². The van der Waals surface area contributed by atoms with Crippen LogP contribution < -0.4 is 14.9 Å². The van der Waals surface area contributed by atoms with E-state index in [4.69, 9.17) is 9.47 Å². The summed E-state index contributed by atoms with van der Waals surface area (Å²) in [5, 5.41) is 0. The van der Waals surface area contributed by atoms with Crippen LogP contribution in [-0.2, 0) is 14.3 Å². The van der Waals surface area contributed by atoms with Crippen LogP contribution in [0, 0.1) is 0 Å². The Morgan fingerprint density at radius 1 is 1.00 bits per heavy atom. The monoisotopic (exact) mass is 490 g/mol. The summed E-state index contributed by atoms with van der Waals surface area (Å²) < 4.78 is 11.8. The molecule has 2 heterocycles. The maximum Gasteiger partial charge on any atom is 0.338 e. The molecule has 1 aliphatic rings. The van der Waals surface area contributed by atoms with Crippen molar-refractivity contribution in [1.29, 1.82) is 0 Å². The molecule has 4 rings (SSSR count). The van der Waals surface area contributed by atoms with Gasteiger partial charge in [-0.05, 0) is 47.7 Å². The van der Waals surface area contributed by atoms with Gasteiger partial charge in [0.15, 0.2) is 4.80 Å². The standard InChI is InChI=1S/C27H26N2O5S/c1-15(2)18-10-12-19(13-11-18)23-22(26(32)34-5)16(3)28-27-29(23)24(30)21(35-27)14-17-6-8-20(9-7-17)25(31)33-4/h6-15,23H,1-5H3. The van der Waals surface area contributed by atoms with Crippen LogP contribution in [0.25, 0.3) is 6.08 Å². The van der Waals surface area contributed by atoms with Crippen molar-refractivity contribution in [2.45, 2.75) is 32.7 Å². The number of hydrogen-bond acceptors (Lipinski definition) is 7. The van der Waals surface area contributed by atoms with Gasteiger partial charge in [0.05, 0.1) is 41.6 Å². The predicted octanol–water partition coefficient (Wildman–Crippen LogP) is 3.32. The van der Waals surface area contributed by atoms with E-state index in [1.54, 1.807) is 41.8 Å². The zero-order valence-electron chi connectivity index (χ0n) is 20.2. The lowest BCUT2D eigenvalue weighted by molar-refractivity contribution is -0.136. The summed E-state index contributed by atoms with van der Waals surface area (Å²) in [6.45, 7) is 5.98. The van der Waals surface area contributed by atoms with Crippen LogP contribution >= 0.6 is 11.3 Å². The first-order chi connectivity index (χ1) is 16.7. The molecule has 0 amide bonds. The molecule has 1 unspecified atom stereocenters. The summed E-state index contributed by atoms with van der Waals surface area (Å²) in [5.74, 6) is -0.587. The number of carbonyl (C=O) groups is 2. The van der Waals surface area contributed by atoms with Crippen LogP contribution in [0.1, 0.15) is 59.8 Å². The summed E-state index contributed by atoms with van der Waals surface area (Å²) in [5.41, 5.74) is 3.75. The van der Waals surface area contributed by atoms with Crippen LogP contribution in [0.5, 0.6) is 0 Å². The highest BCUT2D eigenvalue weighted by molar-refractivity contribution is 7.07. The Labute approximate surface area is 206 Å². The third-order valence-electron chi connectivity index (χ3n) is 5.98. The number of aromatic nitrogens is 1. The molecule has 0 fully saturated rings. The Balaban J connectivity index is 1.87. The maximum absolute atomic E-state index is 13.6. The van der Waals surface area contributed by atoms with E-state index in [0.717, 1.165) is 16.7 Å². The van der Waals surface area contributed by atoms with Crippen LogP contribution in [0.4, 0.5) is 0 Å². The molecular weight excluding hydrogens is 464 g/mol. The number of rotatable bonds is 5. The second-order valence-electron chi connectivity index (χ2n) is 8.51. The number of hydrogen-bond donors (Lipinski definition) is 0. The number of allylic oxidation sites excluding steroid dienone is 1. The lowest BCUT2D eigenvalue weighted by atomic mass is 9.93. The number of fused-ring (bicyclic) bond motifs is 1. The molecule has 0 radical (unpaired) electrons. The fourth-order valence-corrected chi connectivity index (χ4v) is 5.10. The summed E-state index contributed by atoms with van der Waals surface area (Å²) in [6.07, 6.45) is 1.75. The van der Waals surface area contributed by atoms with Gasteiger partial charge < -0.3 is 9.47 Å². The van der Waals surface area contributed by atoms with Crippen LogP contribution in [0.3, 0.4) is 0 Å². The van der Waals surface area contributed by atoms with Gasteiger partial charge in [0.1, 0.15) is 0 Å². The van der Waals surface area contributed by atoms with Crippen molar-refractivity contribution in [2.24, 2.45) is 4.99 Å². The summed E-state index contributed by atoms with van der Waals surface area (Å²) in [6, 6.07) is 14.1. The largest absolute Gasteiger partial charge is 0.466 e. The Morgan fingerprint density at radius 3 is 2.20 bits per heavy atom. The molecule has 8 heteroatoms. The fourth-order valence-electron chi connectivity index (χ4n) is 4.06. The van der Waals surface area contributed by atoms with Gasteiger partial charge in [-0.2, -0.15) is 0 Å². The van der Waals surface area contributed by atoms with Crippen LogP contribution in [-0.4, -0.2) is 30.7 Å². The average molecular weight is 491 g/mol. The van der Waals surface area contributed by atoms with E-state index in [1.165, 1.54) is 25.6 Å². The van der Waals surface area contributed by atoms with E-state index in [2.05, 4.69) is 18.8 Å². The van der Waals surface area contributed by atoms with Gasteiger partial charge in [0.2, 0.25) is 0 Å². The third-order valence-corrected chi connectivity index (χ3v) is 6.96. The number of thiazole rings is 1. The molecule has 3 aromatic rings. The number of esters is 2. The van der Waals surface area contributed by atoms with Gasteiger partial charge in [-0.1, -0.05) is 61.6 Å². The van der Waals surface area contributed by atoms with Gasteiger partial charge in [0.25, 0.3) is 5.56 Å². The first-order valence-electron chi connectivity index (χ1n) is 11.1. The van der Waals surface area contributed by atoms with E-state index in [-0.39, 0.29) is 5.56 Å². The molecule has 1 aromatic heterocycles. The lowest BCUT2D eigenvalue weighted by Gasteiger charge is -2.24. The molecule has 0 N–H and O–H groups in total. The SMILES string of the molecule is COC(=O)C1=C(C)N=c2sc(=Cc3ccc(C(=O)OC)cc3)c(=O)n2C1c1ccc(C(C)C)cc1. The van der Waals surface area contributed by atoms with Crippen molar-refractivity contribution < 1.29 is 19.1 Å². The zero-order chi connectivity index (χ0) is 25.3. The normalized spacial score (nSPS) is 15.6. The molecule has 1 atom stereocenters. The van der Waals surface area contributed by atoms with Gasteiger partial charge in [0, 0.05) is 0 Å². The van der Waals surface area contributed by atoms with E-state index in [9.17, 15) is 14.4 Å². The minimum atomic E-state index is -0.649. The predicted molar refractivity (Wildman–Crippen MR) is 134 cm³/mol. The topological polar surface area (TPSA) is 87.0 Å². The summed E-state index contributed by atoms with van der Waals surface area (Å²) in [4.78, 5) is 43.1. The quantitative estimate of drug-likeness (QED) is 0.512. The fraction of sp³-hybridized carbons (Fsp3) is 0.259. The zero-order valence-corrected chi connectivity index (χ0v) is 21.0. The van der Waals surface area contributed by atoms with Gasteiger partial charge in [-0.25, -0.2) is 14.6 Å². The molecule has 0 saturated carbocycles. The van der Waals surface area contributed by atoms with Crippen molar-refractivity contribution >= 4 is 29.4 Å². The molecule has 0 bridgehead atoms. The number of ether oxygens (including phenoxy) is 2. The molecule has 35 heavy (non-hydrogen) atoms. The van der Waals surface area contributed by atoms with Crippen molar-refractivity contribution in [1.82, 2.24) is 4.57 Å². The van der Waals surface area contributed by atoms with Gasteiger partial charge >= 0.3 is 11.9 Å². The molecule has 180 valence electrons. The average Bonchev–Trinajstić information content (AvgIpc) is 3.16. The Morgan fingerprint density at radius 2 is 1.63 bits per heavy atom. The number of nitrogens with zero attached hydrogens (tertiary/aromatic N) is 2. The van der Waals surface area contributed by atoms with Crippen molar-refractivity contribution in [3.8, 4) is 0 Å². The van der Waals surface area contributed by atoms with E-state index in [1.807, 2.05) is 24.3 Å². The van der Waals surface area contributed by atoms with Crippen molar-refractivity contribution in [3.63, 3.8) is 0 Å². The van der Waals surface area contributed by atoms with E-state index >= 15 is 0 Å². The minimum absolute atomic E-state index is 0.252. The highest BCUT2D eigenvalue weighted by Crippen LogP contribution is 2.31. The lowest BCUT2D eigenvalue weighted by Crippen LogP contribution is -2.39. The first-order valence-corrected chi connectivity index (χ1v) is 12.0. The Bertz CT molecular complexity index is 1490. The number of benzene rings is 2. The van der Waals surface area contributed by atoms with Crippen molar-refractivity contribution in [3.05, 3.63) is 102 Å². The molecular formula is C27H26N2O5S. The number of methoxy groups -OCH3 is 2. The molecule has 2 aromatic carbocycles. The second kappa shape index (κ2) is 9.84.